The molecule has 0 atom stereocenters. The number of rotatable bonds is 0. The first-order valence-corrected chi connectivity index (χ1v) is 2.70. The molecule has 1 aromatic rings. The minimum atomic E-state index is -0.634. The van der Waals surface area contributed by atoms with Gasteiger partial charge in [0.05, 0.1) is 5.56 Å². The molecule has 0 aliphatic heterocycles. The van der Waals surface area contributed by atoms with E-state index in [0.717, 1.165) is 0 Å². The Morgan fingerprint density at radius 3 is 2.70 bits per heavy atom. The normalized spacial score (nSPS) is 8.80. The lowest BCUT2D eigenvalue weighted by Gasteiger charge is -1.95. The van der Waals surface area contributed by atoms with Gasteiger partial charge in [-0.15, -0.1) is 0 Å². The molecule has 46 valence electrons. The van der Waals surface area contributed by atoms with Gasteiger partial charge in [-0.2, -0.15) is 5.26 Å². The summed E-state index contributed by atoms with van der Waals surface area (Å²) < 4.78 is 12.7. The van der Waals surface area contributed by atoms with Crippen molar-refractivity contribution in [2.75, 3.05) is 0 Å². The molecule has 0 amide bonds. The van der Waals surface area contributed by atoms with Gasteiger partial charge in [-0.05, 0) is 6.07 Å². The van der Waals surface area contributed by atoms with Crippen molar-refractivity contribution in [3.8, 4) is 6.07 Å². The molecule has 0 heterocycles. The summed E-state index contributed by atoms with van der Waals surface area (Å²) in [5, 5.41) is 8.30. The molecule has 1 rings (SSSR count). The van der Waals surface area contributed by atoms with Gasteiger partial charge in [0, 0.05) is 0 Å². The molecule has 0 aliphatic rings. The van der Waals surface area contributed by atoms with Crippen LogP contribution < -0.4 is 5.46 Å². The van der Waals surface area contributed by atoms with Crippen LogP contribution in [0.15, 0.2) is 18.2 Å². The van der Waals surface area contributed by atoms with E-state index in [4.69, 9.17) is 13.1 Å². The molecule has 1 nitrogen and oxygen atoms in total. The first-order valence-electron chi connectivity index (χ1n) is 2.70. The van der Waals surface area contributed by atoms with Crippen LogP contribution in [0.3, 0.4) is 0 Å². The summed E-state index contributed by atoms with van der Waals surface area (Å²) >= 11 is 0. The lowest BCUT2D eigenvalue weighted by atomic mass is 9.94. The topological polar surface area (TPSA) is 23.8 Å². The van der Waals surface area contributed by atoms with E-state index < -0.39 is 5.82 Å². The third-order valence-electron chi connectivity index (χ3n) is 1.15. The van der Waals surface area contributed by atoms with Gasteiger partial charge in [0.2, 0.25) is 0 Å². The van der Waals surface area contributed by atoms with Crippen LogP contribution in [0.25, 0.3) is 0 Å². The number of nitriles is 1. The molecule has 10 heavy (non-hydrogen) atoms. The third-order valence-corrected chi connectivity index (χ3v) is 1.15. The fraction of sp³-hybridized carbons (Fsp3) is 0. The van der Waals surface area contributed by atoms with Crippen molar-refractivity contribution >= 4 is 13.3 Å². The predicted molar refractivity (Wildman–Crippen MR) is 36.5 cm³/mol. The zero-order valence-corrected chi connectivity index (χ0v) is 5.13. The highest BCUT2D eigenvalue weighted by atomic mass is 19.1. The maximum Gasteiger partial charge on any atom is 0.133 e. The van der Waals surface area contributed by atoms with Crippen molar-refractivity contribution in [1.29, 1.82) is 5.26 Å². The second-order valence-corrected chi connectivity index (χ2v) is 1.82. The maximum atomic E-state index is 12.7. The second kappa shape index (κ2) is 2.53. The fourth-order valence-corrected chi connectivity index (χ4v) is 0.636. The monoisotopic (exact) mass is 131 g/mol. The van der Waals surface area contributed by atoms with Gasteiger partial charge in [0.15, 0.2) is 0 Å². The molecular formula is C7H3BFN. The number of hydrogen-bond acceptors (Lipinski definition) is 1. The summed E-state index contributed by atoms with van der Waals surface area (Å²) in [5.74, 6) is -0.634. The number of halogens is 1. The summed E-state index contributed by atoms with van der Waals surface area (Å²) in [6.07, 6.45) is 0. The van der Waals surface area contributed by atoms with E-state index in [1.807, 2.05) is 0 Å². The SMILES string of the molecule is [B]c1cccc(C#N)c1F. The molecule has 0 aromatic heterocycles. The maximum absolute atomic E-state index is 12.7. The van der Waals surface area contributed by atoms with Crippen LogP contribution in [0.5, 0.6) is 0 Å². The third kappa shape index (κ3) is 1.01. The zero-order chi connectivity index (χ0) is 7.56. The molecule has 0 fully saturated rings. The number of hydrogen-bond donors (Lipinski definition) is 0. The molecule has 0 saturated heterocycles. The summed E-state index contributed by atoms with van der Waals surface area (Å²) in [5.41, 5.74) is -0.000880. The summed E-state index contributed by atoms with van der Waals surface area (Å²) in [6.45, 7) is 0. The largest absolute Gasteiger partial charge is 0.206 e. The Labute approximate surface area is 59.5 Å². The van der Waals surface area contributed by atoms with Gasteiger partial charge in [0.25, 0.3) is 0 Å². The highest BCUT2D eigenvalue weighted by Crippen LogP contribution is 2.00. The van der Waals surface area contributed by atoms with Gasteiger partial charge in [-0.3, -0.25) is 0 Å². The Bertz CT molecular complexity index is 290. The minimum Gasteiger partial charge on any atom is -0.206 e. The molecule has 1 aromatic carbocycles. The summed E-state index contributed by atoms with van der Waals surface area (Å²) in [6, 6.07) is 6.01. The van der Waals surface area contributed by atoms with Crippen LogP contribution in [0.2, 0.25) is 0 Å². The highest BCUT2D eigenvalue weighted by Gasteiger charge is 2.00. The number of benzene rings is 1. The smallest absolute Gasteiger partial charge is 0.133 e. The predicted octanol–water partition coefficient (Wildman–Crippen LogP) is 0.491. The Balaban J connectivity index is 3.31. The van der Waals surface area contributed by atoms with Crippen LogP contribution in [0.1, 0.15) is 5.56 Å². The van der Waals surface area contributed by atoms with Crippen LogP contribution in [-0.4, -0.2) is 7.85 Å². The Kier molecular flexibility index (Phi) is 1.72. The lowest BCUT2D eigenvalue weighted by Crippen LogP contribution is -2.09. The van der Waals surface area contributed by atoms with E-state index >= 15 is 0 Å². The van der Waals surface area contributed by atoms with E-state index in [1.165, 1.54) is 18.2 Å². The van der Waals surface area contributed by atoms with Crippen LogP contribution in [0.4, 0.5) is 4.39 Å². The molecule has 0 saturated carbocycles. The first-order chi connectivity index (χ1) is 4.75. The standard InChI is InChI=1S/C7H3BFN/c8-6-3-1-2-5(4-10)7(6)9/h1-3H. The molecular weight excluding hydrogens is 128 g/mol. The average Bonchev–Trinajstić information content (AvgIpc) is 1.95. The number of nitrogens with zero attached hydrogens (tertiary/aromatic N) is 1. The van der Waals surface area contributed by atoms with Crippen LogP contribution in [-0.2, 0) is 0 Å². The quantitative estimate of drug-likeness (QED) is 0.470. The van der Waals surface area contributed by atoms with Gasteiger partial charge in [-0.25, -0.2) is 4.39 Å². The zero-order valence-electron chi connectivity index (χ0n) is 5.13. The van der Waals surface area contributed by atoms with E-state index in [0.29, 0.717) is 0 Å². The summed E-state index contributed by atoms with van der Waals surface area (Å²) in [4.78, 5) is 0. The van der Waals surface area contributed by atoms with E-state index in [1.54, 1.807) is 6.07 Å². The average molecular weight is 131 g/mol. The Morgan fingerprint density at radius 1 is 1.50 bits per heavy atom. The van der Waals surface area contributed by atoms with Crippen molar-refractivity contribution in [3.05, 3.63) is 29.6 Å². The van der Waals surface area contributed by atoms with Gasteiger partial charge in [-0.1, -0.05) is 17.6 Å². The van der Waals surface area contributed by atoms with Crippen molar-refractivity contribution in [2.24, 2.45) is 0 Å². The fourth-order valence-electron chi connectivity index (χ4n) is 0.636. The molecule has 3 heteroatoms. The minimum absolute atomic E-state index is 0.0130. The Morgan fingerprint density at radius 2 is 2.20 bits per heavy atom. The molecule has 0 aliphatic carbocycles. The van der Waals surface area contributed by atoms with Gasteiger partial charge < -0.3 is 0 Å². The molecule has 0 spiro atoms. The highest BCUT2D eigenvalue weighted by molar-refractivity contribution is 6.32. The Hall–Kier alpha value is -1.30. The van der Waals surface area contributed by atoms with E-state index in [9.17, 15) is 4.39 Å². The van der Waals surface area contributed by atoms with Crippen LogP contribution in [0, 0.1) is 17.1 Å². The molecule has 0 N–H and O–H groups in total. The molecule has 0 unspecified atom stereocenters. The van der Waals surface area contributed by atoms with Gasteiger partial charge >= 0.3 is 0 Å². The van der Waals surface area contributed by atoms with Crippen molar-refractivity contribution in [2.45, 2.75) is 0 Å². The van der Waals surface area contributed by atoms with Crippen molar-refractivity contribution in [1.82, 2.24) is 0 Å². The molecule has 0 bridgehead atoms. The van der Waals surface area contributed by atoms with Crippen molar-refractivity contribution in [3.63, 3.8) is 0 Å². The van der Waals surface area contributed by atoms with Crippen molar-refractivity contribution < 1.29 is 4.39 Å². The second-order valence-electron chi connectivity index (χ2n) is 1.82. The van der Waals surface area contributed by atoms with E-state index in [2.05, 4.69) is 0 Å². The lowest BCUT2D eigenvalue weighted by molar-refractivity contribution is 0.632. The van der Waals surface area contributed by atoms with Gasteiger partial charge in [0.1, 0.15) is 19.7 Å². The van der Waals surface area contributed by atoms with E-state index in [-0.39, 0.29) is 11.0 Å². The first kappa shape index (κ1) is 6.82. The van der Waals surface area contributed by atoms with Crippen LogP contribution >= 0.6 is 0 Å². The summed E-state index contributed by atoms with van der Waals surface area (Å²) in [7, 11) is 5.17. The molecule has 2 radical (unpaired) electrons.